The van der Waals surface area contributed by atoms with Gasteiger partial charge in [-0.2, -0.15) is 0 Å². The van der Waals surface area contributed by atoms with Gasteiger partial charge in [-0.1, -0.05) is 37.3 Å². The van der Waals surface area contributed by atoms with Gasteiger partial charge in [-0.15, -0.1) is 0 Å². The summed E-state index contributed by atoms with van der Waals surface area (Å²) in [5.74, 6) is 2.30. The first-order chi connectivity index (χ1) is 14.7. The largest absolute Gasteiger partial charge is 0.493 e. The summed E-state index contributed by atoms with van der Waals surface area (Å²) in [6.07, 6.45) is 1.03. The van der Waals surface area contributed by atoms with Crippen LogP contribution in [0.1, 0.15) is 38.3 Å². The summed E-state index contributed by atoms with van der Waals surface area (Å²) < 4.78 is 18.1. The van der Waals surface area contributed by atoms with Crippen molar-refractivity contribution in [2.24, 2.45) is 0 Å². The Balaban J connectivity index is 1.76. The van der Waals surface area contributed by atoms with Gasteiger partial charge in [0.2, 0.25) is 5.88 Å². The maximum Gasteiger partial charge on any atom is 0.218 e. The second-order valence-corrected chi connectivity index (χ2v) is 7.58. The van der Waals surface area contributed by atoms with E-state index in [1.165, 1.54) is 5.56 Å². The Bertz CT molecular complexity index is 991. The molecule has 0 saturated heterocycles. The molecule has 0 saturated carbocycles. The van der Waals surface area contributed by atoms with Gasteiger partial charge in [0.15, 0.2) is 0 Å². The fourth-order valence-corrected chi connectivity index (χ4v) is 3.97. The van der Waals surface area contributed by atoms with Gasteiger partial charge in [-0.05, 0) is 44.0 Å². The topological polar surface area (TPSA) is 43.8 Å². The molecule has 0 amide bonds. The van der Waals surface area contributed by atoms with Crippen molar-refractivity contribution in [2.75, 3.05) is 19.8 Å². The van der Waals surface area contributed by atoms with E-state index >= 15 is 0 Å². The molecule has 2 aromatic carbocycles. The summed E-state index contributed by atoms with van der Waals surface area (Å²) in [5.41, 5.74) is 3.19. The van der Waals surface area contributed by atoms with Crippen LogP contribution in [0.15, 0.2) is 48.5 Å². The van der Waals surface area contributed by atoms with Crippen LogP contribution >= 0.6 is 0 Å². The summed E-state index contributed by atoms with van der Waals surface area (Å²) in [5, 5.41) is 0.972. The highest BCUT2D eigenvalue weighted by molar-refractivity contribution is 5.91. The second kappa shape index (κ2) is 9.35. The first-order valence-electron chi connectivity index (χ1n) is 10.9. The number of aromatic nitrogens is 1. The Morgan fingerprint density at radius 3 is 2.47 bits per heavy atom. The molecule has 2 heterocycles. The highest BCUT2D eigenvalue weighted by Gasteiger charge is 2.25. The SMILES string of the molecule is CCOc1ccc(OCC)c2nc3c(cc12)CN(Cc1ccccc1)CC(CC)O3. The summed E-state index contributed by atoms with van der Waals surface area (Å²) >= 11 is 0. The van der Waals surface area contributed by atoms with Crippen LogP contribution < -0.4 is 14.2 Å². The molecule has 1 aromatic heterocycles. The highest BCUT2D eigenvalue weighted by atomic mass is 16.5. The lowest BCUT2D eigenvalue weighted by Crippen LogP contribution is -2.32. The molecule has 5 nitrogen and oxygen atoms in total. The van der Waals surface area contributed by atoms with Crippen molar-refractivity contribution in [3.63, 3.8) is 0 Å². The van der Waals surface area contributed by atoms with Crippen LogP contribution in [-0.4, -0.2) is 35.7 Å². The molecule has 158 valence electrons. The fourth-order valence-electron chi connectivity index (χ4n) is 3.97. The Morgan fingerprint density at radius 2 is 1.73 bits per heavy atom. The van der Waals surface area contributed by atoms with E-state index in [1.54, 1.807) is 0 Å². The molecule has 1 aliphatic heterocycles. The van der Waals surface area contributed by atoms with Gasteiger partial charge >= 0.3 is 0 Å². The molecule has 0 N–H and O–H groups in total. The van der Waals surface area contributed by atoms with Crippen molar-refractivity contribution in [3.05, 3.63) is 59.7 Å². The Hall–Kier alpha value is -2.79. The lowest BCUT2D eigenvalue weighted by atomic mass is 10.1. The molecular weight excluding hydrogens is 376 g/mol. The third-order valence-electron chi connectivity index (χ3n) is 5.38. The first kappa shape index (κ1) is 20.5. The minimum absolute atomic E-state index is 0.102. The van der Waals surface area contributed by atoms with Gasteiger partial charge in [0.1, 0.15) is 23.1 Å². The Morgan fingerprint density at radius 1 is 1.00 bits per heavy atom. The van der Waals surface area contributed by atoms with E-state index in [9.17, 15) is 0 Å². The predicted octanol–water partition coefficient (Wildman–Crippen LogP) is 5.21. The van der Waals surface area contributed by atoms with Gasteiger partial charge in [0, 0.05) is 30.6 Å². The minimum atomic E-state index is 0.102. The minimum Gasteiger partial charge on any atom is -0.493 e. The maximum atomic E-state index is 6.37. The molecule has 5 heteroatoms. The number of hydrogen-bond acceptors (Lipinski definition) is 5. The van der Waals surface area contributed by atoms with Crippen LogP contribution in [0.5, 0.6) is 17.4 Å². The molecule has 0 radical (unpaired) electrons. The quantitative estimate of drug-likeness (QED) is 0.539. The van der Waals surface area contributed by atoms with Crippen molar-refractivity contribution in [1.82, 2.24) is 9.88 Å². The van der Waals surface area contributed by atoms with Gasteiger partial charge in [-0.3, -0.25) is 4.90 Å². The lowest BCUT2D eigenvalue weighted by molar-refractivity contribution is 0.136. The lowest BCUT2D eigenvalue weighted by Gasteiger charge is -2.23. The standard InChI is InChI=1S/C25H30N2O3/c1-4-20-17-27(15-18-10-8-7-9-11-18)16-19-14-21-22(28-5-2)12-13-23(29-6-3)24(21)26-25(19)30-20/h7-14,20H,4-6,15-17H2,1-3H3. The van der Waals surface area contributed by atoms with Crippen LogP contribution in [0.3, 0.4) is 0 Å². The zero-order valence-electron chi connectivity index (χ0n) is 18.1. The van der Waals surface area contributed by atoms with Crippen molar-refractivity contribution in [3.8, 4) is 17.4 Å². The van der Waals surface area contributed by atoms with E-state index in [2.05, 4.69) is 48.2 Å². The van der Waals surface area contributed by atoms with Gasteiger partial charge < -0.3 is 14.2 Å². The molecule has 0 aliphatic carbocycles. The predicted molar refractivity (Wildman–Crippen MR) is 119 cm³/mol. The van der Waals surface area contributed by atoms with Crippen LogP contribution in [0.25, 0.3) is 10.9 Å². The maximum absolute atomic E-state index is 6.37. The molecule has 0 spiro atoms. The van der Waals surface area contributed by atoms with Crippen LogP contribution in [-0.2, 0) is 13.1 Å². The smallest absolute Gasteiger partial charge is 0.218 e. The van der Waals surface area contributed by atoms with Crippen LogP contribution in [0, 0.1) is 0 Å². The van der Waals surface area contributed by atoms with Crippen molar-refractivity contribution in [2.45, 2.75) is 46.4 Å². The monoisotopic (exact) mass is 406 g/mol. The second-order valence-electron chi connectivity index (χ2n) is 7.58. The normalized spacial score (nSPS) is 16.6. The van der Waals surface area contributed by atoms with E-state index in [0.29, 0.717) is 19.1 Å². The summed E-state index contributed by atoms with van der Waals surface area (Å²) in [6, 6.07) is 16.7. The third kappa shape index (κ3) is 4.36. The first-order valence-corrected chi connectivity index (χ1v) is 10.9. The van der Waals surface area contributed by atoms with Gasteiger partial charge in [-0.25, -0.2) is 4.98 Å². The molecule has 3 aromatic rings. The average Bonchev–Trinajstić information content (AvgIpc) is 2.93. The number of fused-ring (bicyclic) bond motifs is 2. The molecule has 1 aliphatic rings. The summed E-state index contributed by atoms with van der Waals surface area (Å²) in [7, 11) is 0. The van der Waals surface area contributed by atoms with Gasteiger partial charge in [0.25, 0.3) is 0 Å². The molecule has 0 fully saturated rings. The molecule has 30 heavy (non-hydrogen) atoms. The van der Waals surface area contributed by atoms with Crippen LogP contribution in [0.2, 0.25) is 0 Å². The zero-order valence-corrected chi connectivity index (χ0v) is 18.1. The molecule has 0 bridgehead atoms. The van der Waals surface area contributed by atoms with E-state index in [-0.39, 0.29) is 6.10 Å². The van der Waals surface area contributed by atoms with E-state index < -0.39 is 0 Å². The number of hydrogen-bond donors (Lipinski definition) is 0. The number of ether oxygens (including phenoxy) is 3. The molecular formula is C25H30N2O3. The van der Waals surface area contributed by atoms with Gasteiger partial charge in [0.05, 0.1) is 13.2 Å². The number of benzene rings is 2. The number of rotatable bonds is 7. The van der Waals surface area contributed by atoms with E-state index in [1.807, 2.05) is 26.0 Å². The van der Waals surface area contributed by atoms with Crippen molar-refractivity contribution < 1.29 is 14.2 Å². The summed E-state index contributed by atoms with van der Waals surface area (Å²) in [4.78, 5) is 7.36. The molecule has 1 unspecified atom stereocenters. The van der Waals surface area contributed by atoms with Crippen molar-refractivity contribution >= 4 is 10.9 Å². The summed E-state index contributed by atoms with van der Waals surface area (Å²) in [6.45, 7) is 9.88. The molecule has 4 rings (SSSR count). The number of nitrogens with zero attached hydrogens (tertiary/aromatic N) is 2. The van der Waals surface area contributed by atoms with Crippen molar-refractivity contribution in [1.29, 1.82) is 0 Å². The zero-order chi connectivity index (χ0) is 20.9. The third-order valence-corrected chi connectivity index (χ3v) is 5.38. The van der Waals surface area contributed by atoms with E-state index in [4.69, 9.17) is 19.2 Å². The average molecular weight is 407 g/mol. The molecule has 1 atom stereocenters. The van der Waals surface area contributed by atoms with Crippen LogP contribution in [0.4, 0.5) is 0 Å². The fraction of sp³-hybridized carbons (Fsp3) is 0.400. The van der Waals surface area contributed by atoms with E-state index in [0.717, 1.165) is 54.0 Å². The Labute approximate surface area is 178 Å². The Kier molecular flexibility index (Phi) is 6.38. The highest BCUT2D eigenvalue weighted by Crippen LogP contribution is 2.37. The number of pyridine rings is 1.